The van der Waals surface area contributed by atoms with Gasteiger partial charge in [-0.05, 0) is 20.8 Å². The van der Waals surface area contributed by atoms with Gasteiger partial charge in [0.25, 0.3) is 0 Å². The normalized spacial score (nSPS) is 13.4. The average Bonchev–Trinajstić information content (AvgIpc) is 2.59. The van der Waals surface area contributed by atoms with Gasteiger partial charge >= 0.3 is 5.97 Å². The van der Waals surface area contributed by atoms with Crippen LogP contribution in [0.25, 0.3) is 0 Å². The Bertz CT molecular complexity index is 475. The molecule has 0 saturated carbocycles. The van der Waals surface area contributed by atoms with E-state index >= 15 is 0 Å². The van der Waals surface area contributed by atoms with Gasteiger partial charge in [0, 0.05) is 5.56 Å². The summed E-state index contributed by atoms with van der Waals surface area (Å²) in [4.78, 5) is 19.4. The fraction of sp³-hybridized carbons (Fsp3) is 0.529. The minimum absolute atomic E-state index is 1.17. The van der Waals surface area contributed by atoms with Crippen molar-refractivity contribution in [3.63, 3.8) is 0 Å². The van der Waals surface area contributed by atoms with Crippen molar-refractivity contribution >= 4 is 11.9 Å². The molecule has 1 aromatic carbocycles. The summed E-state index contributed by atoms with van der Waals surface area (Å²) < 4.78 is 1.20. The molecule has 0 spiro atoms. The molecule has 1 rings (SSSR count). The average molecular weight is 341 g/mol. The highest BCUT2D eigenvalue weighted by Crippen LogP contribution is 2.13. The predicted molar refractivity (Wildman–Crippen MR) is 86.7 cm³/mol. The molecule has 7 nitrogen and oxygen atoms in total. The molecule has 0 aliphatic carbocycles. The van der Waals surface area contributed by atoms with E-state index in [4.69, 9.17) is 15.3 Å². The smallest absolute Gasteiger partial charge is 0.335 e. The van der Waals surface area contributed by atoms with Crippen molar-refractivity contribution in [1.82, 2.24) is 0 Å². The number of carboxylic acid groups (broad SMARTS) is 2. The minimum atomic E-state index is -2.38. The van der Waals surface area contributed by atoms with Gasteiger partial charge in [-0.1, -0.05) is 30.3 Å². The highest BCUT2D eigenvalue weighted by atomic mass is 16.4. The molecule has 3 N–H and O–H groups in total. The van der Waals surface area contributed by atoms with Gasteiger partial charge in [-0.15, -0.1) is 0 Å². The van der Waals surface area contributed by atoms with Crippen LogP contribution >= 0.6 is 0 Å². The van der Waals surface area contributed by atoms with E-state index in [9.17, 15) is 14.7 Å². The van der Waals surface area contributed by atoms with Gasteiger partial charge in [-0.25, -0.2) is 4.79 Å². The summed E-state index contributed by atoms with van der Waals surface area (Å²) in [7, 11) is 0. The Kier molecular flexibility index (Phi) is 9.87. The third kappa shape index (κ3) is 7.08. The van der Waals surface area contributed by atoms with Crippen LogP contribution in [0, 0.1) is 0 Å². The fourth-order valence-electron chi connectivity index (χ4n) is 2.24. The Morgan fingerprint density at radius 1 is 1.00 bits per heavy atom. The summed E-state index contributed by atoms with van der Waals surface area (Å²) in [5, 5.41) is 34.1. The van der Waals surface area contributed by atoms with Crippen molar-refractivity contribution in [2.45, 2.75) is 39.5 Å². The van der Waals surface area contributed by atoms with Gasteiger partial charge in [0.2, 0.25) is 0 Å². The van der Waals surface area contributed by atoms with E-state index < -0.39 is 24.1 Å². The number of aliphatic carboxylic acids is 2. The first-order chi connectivity index (χ1) is 11.2. The van der Waals surface area contributed by atoms with E-state index in [-0.39, 0.29) is 0 Å². The fourth-order valence-corrected chi connectivity index (χ4v) is 2.24. The number of hydrogen-bond donors (Lipinski definition) is 3. The number of carbonyl (C=O) groups excluding carboxylic acids is 1. The van der Waals surface area contributed by atoms with Crippen molar-refractivity contribution < 1.29 is 34.5 Å². The van der Waals surface area contributed by atoms with E-state index in [0.29, 0.717) is 0 Å². The van der Waals surface area contributed by atoms with Crippen molar-refractivity contribution in [2.24, 2.45) is 0 Å². The number of hydrogen-bond acceptors (Lipinski definition) is 5. The first-order valence-corrected chi connectivity index (χ1v) is 7.91. The SMILES string of the molecule is CC[N+](CC)(CC)Cc1ccccc1.O=C([O-])C(O)C(O)C(=O)O. The van der Waals surface area contributed by atoms with Crippen LogP contribution in [0.5, 0.6) is 0 Å². The van der Waals surface area contributed by atoms with Crippen LogP contribution in [0.3, 0.4) is 0 Å². The molecular weight excluding hydrogens is 314 g/mol. The van der Waals surface area contributed by atoms with Gasteiger partial charge in [0.05, 0.1) is 25.6 Å². The molecule has 7 heteroatoms. The van der Waals surface area contributed by atoms with E-state index in [2.05, 4.69) is 51.1 Å². The van der Waals surface area contributed by atoms with Gasteiger partial charge in [-0.2, -0.15) is 0 Å². The molecule has 0 saturated heterocycles. The summed E-state index contributed by atoms with van der Waals surface area (Å²) in [6.45, 7) is 11.7. The van der Waals surface area contributed by atoms with Gasteiger partial charge in [-0.3, -0.25) is 0 Å². The number of aliphatic hydroxyl groups is 2. The maximum atomic E-state index is 9.74. The number of aliphatic hydroxyl groups excluding tert-OH is 2. The maximum Gasteiger partial charge on any atom is 0.335 e. The Morgan fingerprint density at radius 2 is 1.46 bits per heavy atom. The highest BCUT2D eigenvalue weighted by molar-refractivity contribution is 5.82. The summed E-state index contributed by atoms with van der Waals surface area (Å²) in [5.41, 5.74) is 1.46. The van der Waals surface area contributed by atoms with Gasteiger partial charge in [0.15, 0.2) is 6.10 Å². The molecule has 0 fully saturated rings. The lowest BCUT2D eigenvalue weighted by Gasteiger charge is -2.35. The van der Waals surface area contributed by atoms with Crippen molar-refractivity contribution in [3.05, 3.63) is 35.9 Å². The lowest BCUT2D eigenvalue weighted by molar-refractivity contribution is -0.936. The molecule has 24 heavy (non-hydrogen) atoms. The third-order valence-corrected chi connectivity index (χ3v) is 4.17. The van der Waals surface area contributed by atoms with Crippen LogP contribution in [-0.2, 0) is 16.1 Å². The molecule has 1 aromatic rings. The Balaban J connectivity index is 0.000000470. The number of nitrogens with zero attached hydrogens (tertiary/aromatic N) is 1. The number of benzene rings is 1. The van der Waals surface area contributed by atoms with Crippen LogP contribution in [0.15, 0.2) is 30.3 Å². The van der Waals surface area contributed by atoms with Gasteiger partial charge in [0.1, 0.15) is 12.6 Å². The lowest BCUT2D eigenvalue weighted by atomic mass is 10.2. The summed E-state index contributed by atoms with van der Waals surface area (Å²) in [5.74, 6) is -3.83. The van der Waals surface area contributed by atoms with E-state index in [1.807, 2.05) is 0 Å². The minimum Gasteiger partial charge on any atom is -0.547 e. The largest absolute Gasteiger partial charge is 0.547 e. The van der Waals surface area contributed by atoms with Crippen LogP contribution < -0.4 is 5.11 Å². The quantitative estimate of drug-likeness (QED) is 0.554. The van der Waals surface area contributed by atoms with Crippen molar-refractivity contribution in [3.8, 4) is 0 Å². The standard InChI is InChI=1S/C13H22N.C4H6O6/c1-4-14(5-2,6-3)12-13-10-8-7-9-11-13;5-1(3(7)8)2(6)4(9)10/h7-11H,4-6,12H2,1-3H3;1-2,5-6H,(H,7,8)(H,9,10)/q+1;/p-1. The first-order valence-electron chi connectivity index (χ1n) is 7.91. The molecule has 0 amide bonds. The molecule has 136 valence electrons. The number of carboxylic acids is 2. The van der Waals surface area contributed by atoms with E-state index in [1.165, 1.54) is 36.2 Å². The monoisotopic (exact) mass is 341 g/mol. The van der Waals surface area contributed by atoms with Gasteiger partial charge < -0.3 is 29.7 Å². The molecule has 2 atom stereocenters. The molecule has 2 unspecified atom stereocenters. The third-order valence-electron chi connectivity index (χ3n) is 4.17. The second-order valence-corrected chi connectivity index (χ2v) is 5.48. The second-order valence-electron chi connectivity index (χ2n) is 5.48. The molecular formula is C17H27NO6. The van der Waals surface area contributed by atoms with E-state index in [0.717, 1.165) is 0 Å². The van der Waals surface area contributed by atoms with Crippen molar-refractivity contribution in [2.75, 3.05) is 19.6 Å². The zero-order valence-electron chi connectivity index (χ0n) is 14.4. The summed E-state index contributed by atoms with van der Waals surface area (Å²) in [6.07, 6.45) is -4.71. The first kappa shape index (κ1) is 22.0. The molecule has 0 radical (unpaired) electrons. The molecule has 0 aliphatic rings. The zero-order valence-corrected chi connectivity index (χ0v) is 14.4. The number of rotatable bonds is 8. The Hall–Kier alpha value is -1.96. The topological polar surface area (TPSA) is 118 Å². The van der Waals surface area contributed by atoms with Crippen LogP contribution in [0.4, 0.5) is 0 Å². The van der Waals surface area contributed by atoms with Crippen molar-refractivity contribution in [1.29, 1.82) is 0 Å². The Morgan fingerprint density at radius 3 is 1.75 bits per heavy atom. The summed E-state index contributed by atoms with van der Waals surface area (Å²) in [6, 6.07) is 10.8. The zero-order chi connectivity index (χ0) is 18.8. The summed E-state index contributed by atoms with van der Waals surface area (Å²) >= 11 is 0. The Labute approximate surface area is 142 Å². The predicted octanol–water partition coefficient (Wildman–Crippen LogP) is -0.394. The van der Waals surface area contributed by atoms with E-state index in [1.54, 1.807) is 0 Å². The number of quaternary nitrogens is 1. The molecule has 0 bridgehead atoms. The second kappa shape index (κ2) is 10.7. The van der Waals surface area contributed by atoms with Crippen LogP contribution in [0.2, 0.25) is 0 Å². The highest BCUT2D eigenvalue weighted by Gasteiger charge is 2.24. The maximum absolute atomic E-state index is 9.74. The number of carbonyl (C=O) groups is 2. The lowest BCUT2D eigenvalue weighted by Crippen LogP contribution is -2.46. The van der Waals surface area contributed by atoms with Crippen LogP contribution in [-0.4, -0.2) is 63.6 Å². The molecule has 0 aromatic heterocycles. The van der Waals surface area contributed by atoms with Crippen LogP contribution in [0.1, 0.15) is 26.3 Å². The molecule has 0 aliphatic heterocycles. The molecule has 0 heterocycles.